The van der Waals surface area contributed by atoms with Crippen LogP contribution < -0.4 is 15.5 Å². The summed E-state index contributed by atoms with van der Waals surface area (Å²) in [6.45, 7) is 2.47. The quantitative estimate of drug-likeness (QED) is 0.357. The van der Waals surface area contributed by atoms with E-state index in [1.54, 1.807) is 24.7 Å². The van der Waals surface area contributed by atoms with Crippen LogP contribution in [0.25, 0.3) is 0 Å². The number of thiocarbonyl (C=S) groups is 1. The zero-order valence-corrected chi connectivity index (χ0v) is 16.7. The van der Waals surface area contributed by atoms with Gasteiger partial charge in [-0.1, -0.05) is 0 Å². The van der Waals surface area contributed by atoms with E-state index < -0.39 is 0 Å². The maximum Gasteiger partial charge on any atom is 0.232 e. The number of furan rings is 1. The summed E-state index contributed by atoms with van der Waals surface area (Å²) in [4.78, 5) is 20.0. The molecule has 1 aliphatic rings. The zero-order chi connectivity index (χ0) is 19.2. The van der Waals surface area contributed by atoms with E-state index in [1.165, 1.54) is 24.6 Å². The monoisotopic (exact) mass is 413 g/mol. The SMILES string of the molecule is S=C(NCc1ccco1)Nc1nc(Sc2ncccn2)cc(N2CCCC2)n1. The molecule has 0 bridgehead atoms. The predicted octanol–water partition coefficient (Wildman–Crippen LogP) is 3.10. The van der Waals surface area contributed by atoms with Gasteiger partial charge in [-0.2, -0.15) is 4.98 Å². The van der Waals surface area contributed by atoms with Crippen LogP contribution in [0, 0.1) is 0 Å². The first-order valence-corrected chi connectivity index (χ1v) is 10.1. The molecule has 10 heteroatoms. The smallest absolute Gasteiger partial charge is 0.232 e. The van der Waals surface area contributed by atoms with Crippen LogP contribution in [-0.2, 0) is 6.54 Å². The van der Waals surface area contributed by atoms with Crippen molar-refractivity contribution in [1.29, 1.82) is 0 Å². The molecule has 0 amide bonds. The molecule has 0 spiro atoms. The Morgan fingerprint density at radius 2 is 2.00 bits per heavy atom. The Bertz CT molecular complexity index is 915. The molecule has 0 radical (unpaired) electrons. The number of hydrogen-bond donors (Lipinski definition) is 2. The number of rotatable bonds is 6. The van der Waals surface area contributed by atoms with E-state index in [0.717, 1.165) is 29.7 Å². The highest BCUT2D eigenvalue weighted by Crippen LogP contribution is 2.28. The van der Waals surface area contributed by atoms with Crippen LogP contribution in [0.1, 0.15) is 18.6 Å². The first-order valence-electron chi connectivity index (χ1n) is 8.92. The third-order valence-corrected chi connectivity index (χ3v) is 5.14. The lowest BCUT2D eigenvalue weighted by molar-refractivity contribution is 0.503. The van der Waals surface area contributed by atoms with E-state index in [4.69, 9.17) is 16.6 Å². The number of nitrogens with zero attached hydrogens (tertiary/aromatic N) is 5. The lowest BCUT2D eigenvalue weighted by atomic mass is 10.4. The van der Waals surface area contributed by atoms with Crippen molar-refractivity contribution in [3.8, 4) is 0 Å². The second-order valence-corrected chi connectivity index (χ2v) is 7.50. The minimum Gasteiger partial charge on any atom is -0.467 e. The molecule has 0 saturated carbocycles. The van der Waals surface area contributed by atoms with Gasteiger partial charge in [0.2, 0.25) is 5.95 Å². The van der Waals surface area contributed by atoms with Gasteiger partial charge in [0.25, 0.3) is 0 Å². The molecule has 8 nitrogen and oxygen atoms in total. The third kappa shape index (κ3) is 4.96. The van der Waals surface area contributed by atoms with Crippen molar-refractivity contribution in [2.24, 2.45) is 0 Å². The molecule has 0 atom stereocenters. The Kier molecular flexibility index (Phi) is 5.98. The van der Waals surface area contributed by atoms with Crippen LogP contribution in [0.15, 0.2) is 57.5 Å². The Morgan fingerprint density at radius 1 is 1.18 bits per heavy atom. The van der Waals surface area contributed by atoms with Crippen LogP contribution in [0.2, 0.25) is 0 Å². The van der Waals surface area contributed by atoms with Crippen LogP contribution in [0.5, 0.6) is 0 Å². The van der Waals surface area contributed by atoms with E-state index in [-0.39, 0.29) is 0 Å². The van der Waals surface area contributed by atoms with Gasteiger partial charge in [0.1, 0.15) is 16.6 Å². The van der Waals surface area contributed by atoms with Crippen molar-refractivity contribution in [3.05, 3.63) is 48.7 Å². The molecule has 1 aliphatic heterocycles. The average Bonchev–Trinajstić information content (AvgIpc) is 3.41. The van der Waals surface area contributed by atoms with E-state index in [0.29, 0.717) is 22.8 Å². The van der Waals surface area contributed by atoms with Crippen LogP contribution in [-0.4, -0.2) is 38.1 Å². The molecule has 4 heterocycles. The summed E-state index contributed by atoms with van der Waals surface area (Å²) in [5.74, 6) is 2.12. The minimum absolute atomic E-state index is 0.432. The summed E-state index contributed by atoms with van der Waals surface area (Å²) < 4.78 is 5.30. The average molecular weight is 414 g/mol. The van der Waals surface area contributed by atoms with Gasteiger partial charge in [-0.05, 0) is 55.0 Å². The Morgan fingerprint density at radius 3 is 2.75 bits per heavy atom. The summed E-state index contributed by atoms with van der Waals surface area (Å²) in [6.07, 6.45) is 7.39. The highest BCUT2D eigenvalue weighted by Gasteiger charge is 2.17. The third-order valence-electron chi connectivity index (χ3n) is 4.09. The van der Waals surface area contributed by atoms with Gasteiger partial charge in [0, 0.05) is 31.5 Å². The number of nitrogens with one attached hydrogen (secondary N) is 2. The predicted molar refractivity (Wildman–Crippen MR) is 111 cm³/mol. The maximum absolute atomic E-state index is 5.37. The van der Waals surface area contributed by atoms with Gasteiger partial charge in [0.05, 0.1) is 12.8 Å². The molecular weight excluding hydrogens is 394 g/mol. The van der Waals surface area contributed by atoms with Gasteiger partial charge in [-0.15, -0.1) is 0 Å². The molecule has 2 N–H and O–H groups in total. The van der Waals surface area contributed by atoms with Gasteiger partial charge >= 0.3 is 0 Å². The molecule has 0 aromatic carbocycles. The molecule has 0 unspecified atom stereocenters. The number of aromatic nitrogens is 4. The van der Waals surface area contributed by atoms with Crippen molar-refractivity contribution < 1.29 is 4.42 Å². The second-order valence-electron chi connectivity index (χ2n) is 6.10. The Hall–Kier alpha value is -2.72. The standard InChI is InChI=1S/C18H19N7OS2/c27-17(21-12-13-5-3-10-26-13)24-16-22-14(25-8-1-2-9-25)11-15(23-16)28-18-19-6-4-7-20-18/h3-7,10-11H,1-2,8-9,12H2,(H2,21,22,23,24,27). The van der Waals surface area contributed by atoms with Crippen LogP contribution in [0.3, 0.4) is 0 Å². The van der Waals surface area contributed by atoms with Gasteiger partial charge < -0.3 is 20.0 Å². The number of hydrogen-bond acceptors (Lipinski definition) is 8. The fourth-order valence-corrected chi connectivity index (χ4v) is 3.66. The first-order chi connectivity index (χ1) is 13.8. The van der Waals surface area contributed by atoms with Gasteiger partial charge in [-0.3, -0.25) is 0 Å². The normalized spacial score (nSPS) is 13.5. The van der Waals surface area contributed by atoms with Crippen LogP contribution >= 0.6 is 24.0 Å². The van der Waals surface area contributed by atoms with E-state index in [9.17, 15) is 0 Å². The summed E-state index contributed by atoms with van der Waals surface area (Å²) >= 11 is 6.77. The van der Waals surface area contributed by atoms with Crippen molar-refractivity contribution in [1.82, 2.24) is 25.3 Å². The summed E-state index contributed by atoms with van der Waals surface area (Å²) in [6, 6.07) is 7.48. The van der Waals surface area contributed by atoms with Gasteiger partial charge in [0.15, 0.2) is 10.3 Å². The largest absolute Gasteiger partial charge is 0.467 e. The molecular formula is C18H19N7OS2. The highest BCUT2D eigenvalue weighted by molar-refractivity contribution is 7.99. The minimum atomic E-state index is 0.432. The van der Waals surface area contributed by atoms with Crippen molar-refractivity contribution >= 4 is 40.9 Å². The number of anilines is 2. The summed E-state index contributed by atoms with van der Waals surface area (Å²) in [7, 11) is 0. The molecule has 1 fully saturated rings. The van der Waals surface area contributed by atoms with E-state index >= 15 is 0 Å². The van der Waals surface area contributed by atoms with E-state index in [2.05, 4.69) is 35.5 Å². The molecule has 1 saturated heterocycles. The highest BCUT2D eigenvalue weighted by atomic mass is 32.2. The molecule has 144 valence electrons. The molecule has 3 aromatic heterocycles. The lowest BCUT2D eigenvalue weighted by Gasteiger charge is -2.18. The summed E-state index contributed by atoms with van der Waals surface area (Å²) in [5, 5.41) is 8.00. The van der Waals surface area contributed by atoms with Crippen molar-refractivity contribution in [3.63, 3.8) is 0 Å². The van der Waals surface area contributed by atoms with E-state index in [1.807, 2.05) is 18.2 Å². The molecule has 0 aliphatic carbocycles. The second kappa shape index (κ2) is 8.98. The Balaban J connectivity index is 1.50. The topological polar surface area (TPSA) is 92.0 Å². The zero-order valence-electron chi connectivity index (χ0n) is 15.0. The van der Waals surface area contributed by atoms with Crippen LogP contribution in [0.4, 0.5) is 11.8 Å². The van der Waals surface area contributed by atoms with Crippen molar-refractivity contribution in [2.45, 2.75) is 29.6 Å². The molecule has 28 heavy (non-hydrogen) atoms. The summed E-state index contributed by atoms with van der Waals surface area (Å²) in [5.41, 5.74) is 0. The maximum atomic E-state index is 5.37. The Labute approximate surface area is 172 Å². The lowest BCUT2D eigenvalue weighted by Crippen LogP contribution is -2.29. The molecule has 4 rings (SSSR count). The van der Waals surface area contributed by atoms with Gasteiger partial charge in [-0.25, -0.2) is 15.0 Å². The molecule has 3 aromatic rings. The fourth-order valence-electron chi connectivity index (χ4n) is 2.79. The first kappa shape index (κ1) is 18.6. The van der Waals surface area contributed by atoms with Crippen molar-refractivity contribution in [2.75, 3.05) is 23.3 Å². The fraction of sp³-hybridized carbons (Fsp3) is 0.278.